The normalized spacial score (nSPS) is 15.9. The standard InChI is InChI=1S/C22H30N4O.HI/c1-17-9-11-18(12-10-17)21(26-13-5-6-14-26)15-24-22(23)25-20-8-4-3-7-19(20)16-27-2;/h3-4,7-12,21H,5-6,13-16H2,1-2H3,(H3,23,24,25);1H. The Morgan fingerprint density at radius 3 is 2.50 bits per heavy atom. The topological polar surface area (TPSA) is 62.9 Å². The third kappa shape index (κ3) is 6.18. The third-order valence-corrected chi connectivity index (χ3v) is 5.06. The van der Waals surface area contributed by atoms with Crippen LogP contribution < -0.4 is 11.1 Å². The van der Waals surface area contributed by atoms with Crippen LogP contribution in [0.4, 0.5) is 5.69 Å². The number of guanidine groups is 1. The van der Waals surface area contributed by atoms with Crippen molar-refractivity contribution in [1.29, 1.82) is 0 Å². The van der Waals surface area contributed by atoms with Gasteiger partial charge in [0.1, 0.15) is 0 Å². The molecule has 1 unspecified atom stereocenters. The van der Waals surface area contributed by atoms with Gasteiger partial charge >= 0.3 is 0 Å². The van der Waals surface area contributed by atoms with Gasteiger partial charge in [-0.3, -0.25) is 9.89 Å². The van der Waals surface area contributed by atoms with Gasteiger partial charge in [-0.05, 0) is 44.5 Å². The highest BCUT2D eigenvalue weighted by molar-refractivity contribution is 14.0. The fraction of sp³-hybridized carbons (Fsp3) is 0.409. The van der Waals surface area contributed by atoms with E-state index in [1.807, 2.05) is 24.3 Å². The molecule has 1 heterocycles. The van der Waals surface area contributed by atoms with Crippen LogP contribution >= 0.6 is 24.0 Å². The van der Waals surface area contributed by atoms with Crippen LogP contribution in [0.25, 0.3) is 0 Å². The Labute approximate surface area is 185 Å². The van der Waals surface area contributed by atoms with Crippen LogP contribution in [-0.4, -0.2) is 37.6 Å². The number of methoxy groups -OCH3 is 1. The number of hydrogen-bond donors (Lipinski definition) is 2. The molecule has 1 atom stereocenters. The van der Waals surface area contributed by atoms with Gasteiger partial charge in [0.2, 0.25) is 0 Å². The van der Waals surface area contributed by atoms with E-state index in [1.165, 1.54) is 24.0 Å². The minimum atomic E-state index is 0. The Morgan fingerprint density at radius 1 is 1.14 bits per heavy atom. The number of benzene rings is 2. The molecule has 5 nitrogen and oxygen atoms in total. The van der Waals surface area contributed by atoms with Crippen LogP contribution in [-0.2, 0) is 11.3 Å². The fourth-order valence-electron chi connectivity index (χ4n) is 3.56. The summed E-state index contributed by atoms with van der Waals surface area (Å²) in [4.78, 5) is 7.18. The van der Waals surface area contributed by atoms with Crippen LogP contribution in [0.3, 0.4) is 0 Å². The molecular formula is C22H31IN4O. The molecule has 1 fully saturated rings. The highest BCUT2D eigenvalue weighted by atomic mass is 127. The number of halogens is 1. The molecule has 0 aliphatic carbocycles. The highest BCUT2D eigenvalue weighted by Crippen LogP contribution is 2.26. The van der Waals surface area contributed by atoms with Crippen molar-refractivity contribution in [3.8, 4) is 0 Å². The third-order valence-electron chi connectivity index (χ3n) is 5.06. The van der Waals surface area contributed by atoms with E-state index in [-0.39, 0.29) is 30.0 Å². The number of aliphatic imine (C=N–C) groups is 1. The van der Waals surface area contributed by atoms with E-state index >= 15 is 0 Å². The molecule has 0 bridgehead atoms. The lowest BCUT2D eigenvalue weighted by Crippen LogP contribution is -2.30. The molecule has 152 valence electrons. The lowest BCUT2D eigenvalue weighted by atomic mass is 10.0. The lowest BCUT2D eigenvalue weighted by Gasteiger charge is -2.27. The minimum absolute atomic E-state index is 0. The van der Waals surface area contributed by atoms with Gasteiger partial charge in [-0.15, -0.1) is 24.0 Å². The summed E-state index contributed by atoms with van der Waals surface area (Å²) in [6.45, 7) is 5.55. The first-order chi connectivity index (χ1) is 13.2. The maximum absolute atomic E-state index is 6.20. The number of rotatable bonds is 7. The number of para-hydroxylation sites is 1. The zero-order valence-electron chi connectivity index (χ0n) is 16.7. The Morgan fingerprint density at radius 2 is 1.82 bits per heavy atom. The number of aryl methyl sites for hydroxylation is 1. The van der Waals surface area contributed by atoms with E-state index < -0.39 is 0 Å². The number of anilines is 1. The van der Waals surface area contributed by atoms with Crippen LogP contribution in [0, 0.1) is 6.92 Å². The molecule has 1 aliphatic heterocycles. The lowest BCUT2D eigenvalue weighted by molar-refractivity contribution is 0.185. The largest absolute Gasteiger partial charge is 0.380 e. The van der Waals surface area contributed by atoms with Gasteiger partial charge in [0.25, 0.3) is 0 Å². The quantitative estimate of drug-likeness (QED) is 0.342. The molecule has 2 aromatic carbocycles. The van der Waals surface area contributed by atoms with Crippen LogP contribution in [0.5, 0.6) is 0 Å². The Balaban J connectivity index is 0.00000280. The predicted octanol–water partition coefficient (Wildman–Crippen LogP) is 4.32. The van der Waals surface area contributed by atoms with Crippen molar-refractivity contribution in [3.63, 3.8) is 0 Å². The zero-order chi connectivity index (χ0) is 19.1. The first-order valence-corrected chi connectivity index (χ1v) is 9.62. The average Bonchev–Trinajstić information content (AvgIpc) is 3.19. The number of nitrogens with zero attached hydrogens (tertiary/aromatic N) is 2. The summed E-state index contributed by atoms with van der Waals surface area (Å²) in [5.74, 6) is 0.440. The summed E-state index contributed by atoms with van der Waals surface area (Å²) >= 11 is 0. The number of hydrogen-bond acceptors (Lipinski definition) is 3. The second kappa shape index (κ2) is 11.4. The average molecular weight is 494 g/mol. The van der Waals surface area contributed by atoms with E-state index in [9.17, 15) is 0 Å². The summed E-state index contributed by atoms with van der Waals surface area (Å²) in [6, 6.07) is 17.0. The molecule has 0 spiro atoms. The number of ether oxygens (including phenoxy) is 1. The molecule has 0 saturated carbocycles. The summed E-state index contributed by atoms with van der Waals surface area (Å²) < 4.78 is 5.26. The maximum Gasteiger partial charge on any atom is 0.193 e. The van der Waals surface area contributed by atoms with E-state index in [4.69, 9.17) is 10.5 Å². The summed E-state index contributed by atoms with van der Waals surface area (Å²) in [7, 11) is 1.69. The van der Waals surface area contributed by atoms with Gasteiger partial charge in [0, 0.05) is 18.4 Å². The first-order valence-electron chi connectivity index (χ1n) is 9.62. The molecule has 28 heavy (non-hydrogen) atoms. The molecular weight excluding hydrogens is 463 g/mol. The van der Waals surface area contributed by atoms with E-state index in [1.54, 1.807) is 7.11 Å². The fourth-order valence-corrected chi connectivity index (χ4v) is 3.56. The van der Waals surface area contributed by atoms with Gasteiger partial charge in [0.05, 0.1) is 19.2 Å². The molecule has 3 N–H and O–H groups in total. The Bertz CT molecular complexity index is 757. The van der Waals surface area contributed by atoms with Crippen molar-refractivity contribution in [2.24, 2.45) is 10.7 Å². The molecule has 2 aromatic rings. The minimum Gasteiger partial charge on any atom is -0.380 e. The van der Waals surface area contributed by atoms with Crippen LogP contribution in [0.1, 0.15) is 35.6 Å². The van der Waals surface area contributed by atoms with Gasteiger partial charge in [-0.1, -0.05) is 48.0 Å². The second-order valence-electron chi connectivity index (χ2n) is 7.11. The number of likely N-dealkylation sites (tertiary alicyclic amines) is 1. The van der Waals surface area contributed by atoms with Crippen molar-refractivity contribution in [2.45, 2.75) is 32.4 Å². The van der Waals surface area contributed by atoms with E-state index in [2.05, 4.69) is 46.4 Å². The van der Waals surface area contributed by atoms with Crippen molar-refractivity contribution < 1.29 is 4.74 Å². The number of nitrogens with two attached hydrogens (primary N) is 1. The SMILES string of the molecule is COCc1ccccc1NC(N)=NCC(c1ccc(C)cc1)N1CCCC1.I. The van der Waals surface area contributed by atoms with Gasteiger partial charge in [0.15, 0.2) is 5.96 Å². The monoisotopic (exact) mass is 494 g/mol. The molecule has 1 saturated heterocycles. The molecule has 1 aliphatic rings. The van der Waals surface area contributed by atoms with Crippen molar-refractivity contribution in [3.05, 3.63) is 65.2 Å². The first kappa shape index (κ1) is 22.6. The maximum atomic E-state index is 6.20. The highest BCUT2D eigenvalue weighted by Gasteiger charge is 2.23. The Hall–Kier alpha value is -1.64. The molecule has 3 rings (SSSR count). The summed E-state index contributed by atoms with van der Waals surface area (Å²) in [6.07, 6.45) is 2.51. The van der Waals surface area contributed by atoms with Crippen molar-refractivity contribution in [1.82, 2.24) is 4.90 Å². The Kier molecular flexibility index (Phi) is 9.21. The van der Waals surface area contributed by atoms with Crippen molar-refractivity contribution in [2.75, 3.05) is 32.1 Å². The van der Waals surface area contributed by atoms with Gasteiger partial charge in [-0.2, -0.15) is 0 Å². The predicted molar refractivity (Wildman–Crippen MR) is 127 cm³/mol. The van der Waals surface area contributed by atoms with Crippen LogP contribution in [0.15, 0.2) is 53.5 Å². The molecule has 0 amide bonds. The van der Waals surface area contributed by atoms with E-state index in [0.717, 1.165) is 24.3 Å². The molecule has 0 radical (unpaired) electrons. The molecule has 0 aromatic heterocycles. The summed E-state index contributed by atoms with van der Waals surface area (Å²) in [5.41, 5.74) is 10.8. The van der Waals surface area contributed by atoms with E-state index in [0.29, 0.717) is 19.1 Å². The second-order valence-corrected chi connectivity index (χ2v) is 7.11. The number of nitrogens with one attached hydrogen (secondary N) is 1. The van der Waals surface area contributed by atoms with Crippen molar-refractivity contribution >= 4 is 35.6 Å². The smallest absolute Gasteiger partial charge is 0.193 e. The zero-order valence-corrected chi connectivity index (χ0v) is 19.1. The molecule has 6 heteroatoms. The van der Waals surface area contributed by atoms with Crippen LogP contribution in [0.2, 0.25) is 0 Å². The van der Waals surface area contributed by atoms with Gasteiger partial charge < -0.3 is 15.8 Å². The summed E-state index contributed by atoms with van der Waals surface area (Å²) in [5, 5.41) is 3.23. The van der Waals surface area contributed by atoms with Gasteiger partial charge in [-0.25, -0.2) is 0 Å².